The molecule has 3 atom stereocenters. The van der Waals surface area contributed by atoms with Gasteiger partial charge in [-0.25, -0.2) is 0 Å². The number of hydrogen-bond acceptors (Lipinski definition) is 6. The van der Waals surface area contributed by atoms with Crippen molar-refractivity contribution in [3.8, 4) is 0 Å². The Morgan fingerprint density at radius 3 is 0.916 bits per heavy atom. The van der Waals surface area contributed by atoms with Crippen LogP contribution in [0.1, 0.15) is 444 Å². The second kappa shape index (κ2) is 76.6. The molecular weight excluding hydrogens is 1190 g/mol. The summed E-state index contributed by atoms with van der Waals surface area (Å²) in [5.41, 5.74) is 0. The number of carbonyl (C=O) groups is 1. The van der Waals surface area contributed by atoms with Crippen LogP contribution in [-0.4, -0.2) is 68.5 Å². The maximum atomic E-state index is 13.1. The number of phosphoric acid groups is 1. The molecule has 562 valence electrons. The van der Waals surface area contributed by atoms with Crippen LogP contribution in [0.15, 0.2) is 48.6 Å². The first-order valence-corrected chi connectivity index (χ1v) is 44.0. The van der Waals surface area contributed by atoms with Gasteiger partial charge in [-0.2, -0.15) is 0 Å². The molecule has 0 rings (SSSR count). The number of allylic oxidation sites excluding steroid dienone is 7. The van der Waals surface area contributed by atoms with Crippen molar-refractivity contribution in [2.24, 2.45) is 0 Å². The Balaban J connectivity index is 3.92. The topological polar surface area (TPSA) is 108 Å². The molecule has 0 bridgehead atoms. The van der Waals surface area contributed by atoms with Crippen LogP contribution in [0.5, 0.6) is 0 Å². The smallest absolute Gasteiger partial charge is 0.268 e. The summed E-state index contributed by atoms with van der Waals surface area (Å²) in [6.07, 6.45) is 106. The number of hydrogen-bond donors (Lipinski definition) is 2. The van der Waals surface area contributed by atoms with Crippen molar-refractivity contribution in [3.63, 3.8) is 0 Å². The summed E-state index contributed by atoms with van der Waals surface area (Å²) in [5.74, 6) is -0.198. The quantitative estimate of drug-likeness (QED) is 0.0272. The summed E-state index contributed by atoms with van der Waals surface area (Å²) in [7, 11) is 1.26. The highest BCUT2D eigenvalue weighted by molar-refractivity contribution is 7.45. The molecule has 0 aliphatic carbocycles. The van der Waals surface area contributed by atoms with Gasteiger partial charge in [-0.1, -0.05) is 422 Å². The van der Waals surface area contributed by atoms with Gasteiger partial charge in [0.15, 0.2) is 0 Å². The first-order chi connectivity index (χ1) is 46.5. The van der Waals surface area contributed by atoms with Crippen molar-refractivity contribution in [2.45, 2.75) is 456 Å². The second-order valence-corrected chi connectivity index (χ2v) is 31.9. The largest absolute Gasteiger partial charge is 0.756 e. The molecule has 0 fully saturated rings. The van der Waals surface area contributed by atoms with E-state index in [1.807, 2.05) is 27.2 Å². The average molecular weight is 1360 g/mol. The molecule has 1 amide bonds. The first-order valence-electron chi connectivity index (χ1n) is 42.5. The SMILES string of the molecule is CCCCCCC/C=C\C/C=C\CCCCCCCCCCCCCCCCCCCCCCCCCCCCCCCC(=O)NC(COP(=O)([O-])OCC[N+](C)(C)C)C(O)/C=C/CC/C=C/CCCCCCCCCCCCCCCCCCCCCCCCCCCC. The number of amides is 1. The molecule has 3 unspecified atom stereocenters. The van der Waals surface area contributed by atoms with E-state index in [2.05, 4.69) is 55.6 Å². The number of carbonyl (C=O) groups excluding carboxylic acids is 1. The van der Waals surface area contributed by atoms with E-state index in [1.54, 1.807) is 6.08 Å². The summed E-state index contributed by atoms with van der Waals surface area (Å²) in [6.45, 7) is 4.69. The minimum atomic E-state index is -4.62. The summed E-state index contributed by atoms with van der Waals surface area (Å²) in [4.78, 5) is 25.7. The molecule has 0 aromatic rings. The standard InChI is InChI=1S/C86H167N2O6P/c1-6-8-10-12-14-16-18-20-22-24-26-28-30-32-34-36-38-40-41-42-43-44-45-46-47-48-50-52-54-56-58-60-62-64-66-68-70-72-74-76-78-80-86(90)87-84(83-94-95(91,92)93-82-81-88(3,4)5)85(89)79-77-75-73-71-69-67-65-63-61-59-57-55-53-51-49-39-37-35-33-31-29-27-25-23-21-19-17-15-13-11-9-7-2/h18,20,24,26,69,71,77,79,84-85,89H,6-17,19,21-23,25,27-68,70,72-76,78,80-83H2,1-5H3,(H-,87,90,91,92)/b20-18-,26-24-,71-69+,79-77+. The van der Waals surface area contributed by atoms with Gasteiger partial charge in [0.05, 0.1) is 39.9 Å². The Kier molecular flexibility index (Phi) is 75.4. The van der Waals surface area contributed by atoms with Crippen molar-refractivity contribution in [2.75, 3.05) is 40.9 Å². The van der Waals surface area contributed by atoms with E-state index in [0.717, 1.165) is 44.9 Å². The van der Waals surface area contributed by atoms with Gasteiger partial charge < -0.3 is 28.8 Å². The molecular formula is C86H167N2O6P. The minimum absolute atomic E-state index is 0.00433. The summed E-state index contributed by atoms with van der Waals surface area (Å²) in [5, 5.41) is 14.0. The van der Waals surface area contributed by atoms with E-state index >= 15 is 0 Å². The number of likely N-dealkylation sites (N-methyl/N-ethyl adjacent to an activating group) is 1. The zero-order valence-electron chi connectivity index (χ0n) is 64.7. The number of quaternary nitrogens is 1. The van der Waals surface area contributed by atoms with Crippen LogP contribution >= 0.6 is 7.82 Å². The van der Waals surface area contributed by atoms with E-state index in [4.69, 9.17) is 9.05 Å². The van der Waals surface area contributed by atoms with E-state index in [9.17, 15) is 19.4 Å². The number of aliphatic hydroxyl groups is 1. The minimum Gasteiger partial charge on any atom is -0.756 e. The van der Waals surface area contributed by atoms with E-state index in [-0.39, 0.29) is 19.1 Å². The Morgan fingerprint density at radius 2 is 0.621 bits per heavy atom. The molecule has 2 N–H and O–H groups in total. The van der Waals surface area contributed by atoms with Gasteiger partial charge in [0.1, 0.15) is 13.2 Å². The summed E-state index contributed by atoms with van der Waals surface area (Å²) in [6, 6.07) is -0.905. The zero-order valence-corrected chi connectivity index (χ0v) is 65.5. The Labute approximate surface area is 594 Å². The summed E-state index contributed by atoms with van der Waals surface area (Å²) < 4.78 is 23.5. The number of rotatable bonds is 80. The second-order valence-electron chi connectivity index (χ2n) is 30.5. The monoisotopic (exact) mass is 1360 g/mol. The van der Waals surface area contributed by atoms with Crippen LogP contribution in [0.4, 0.5) is 0 Å². The normalized spacial score (nSPS) is 13.6. The van der Waals surface area contributed by atoms with Crippen LogP contribution in [0, 0.1) is 0 Å². The molecule has 0 saturated carbocycles. The predicted molar refractivity (Wildman–Crippen MR) is 418 cm³/mol. The van der Waals surface area contributed by atoms with Crippen LogP contribution < -0.4 is 10.2 Å². The maximum Gasteiger partial charge on any atom is 0.268 e. The highest BCUT2D eigenvalue weighted by Crippen LogP contribution is 2.38. The molecule has 8 nitrogen and oxygen atoms in total. The van der Waals surface area contributed by atoms with Crippen LogP contribution in [0.2, 0.25) is 0 Å². The Morgan fingerprint density at radius 1 is 0.368 bits per heavy atom. The molecule has 0 aliphatic heterocycles. The average Bonchev–Trinajstić information content (AvgIpc) is 2.01. The van der Waals surface area contributed by atoms with E-state index in [1.165, 1.54) is 379 Å². The van der Waals surface area contributed by atoms with Gasteiger partial charge in [-0.05, 0) is 64.2 Å². The molecule has 9 heteroatoms. The van der Waals surface area contributed by atoms with Crippen molar-refractivity contribution < 1.29 is 32.9 Å². The van der Waals surface area contributed by atoms with Crippen molar-refractivity contribution in [1.82, 2.24) is 5.32 Å². The van der Waals surface area contributed by atoms with Crippen molar-refractivity contribution in [3.05, 3.63) is 48.6 Å². The number of aliphatic hydroxyl groups excluding tert-OH is 1. The first kappa shape index (κ1) is 93.5. The fourth-order valence-corrected chi connectivity index (χ4v) is 13.9. The lowest BCUT2D eigenvalue weighted by atomic mass is 10.0. The van der Waals surface area contributed by atoms with Gasteiger partial charge in [0.2, 0.25) is 5.91 Å². The number of phosphoric ester groups is 1. The lowest BCUT2D eigenvalue weighted by Crippen LogP contribution is -2.45. The third-order valence-electron chi connectivity index (χ3n) is 19.8. The van der Waals surface area contributed by atoms with E-state index in [0.29, 0.717) is 17.4 Å². The number of nitrogens with one attached hydrogen (secondary N) is 1. The van der Waals surface area contributed by atoms with Crippen molar-refractivity contribution in [1.29, 1.82) is 0 Å². The third-order valence-corrected chi connectivity index (χ3v) is 20.7. The highest BCUT2D eigenvalue weighted by atomic mass is 31.2. The predicted octanol–water partition coefficient (Wildman–Crippen LogP) is 27.4. The molecule has 0 aliphatic rings. The third kappa shape index (κ3) is 79.7. The number of unbranched alkanes of at least 4 members (excludes halogenated alkanes) is 61. The molecule has 95 heavy (non-hydrogen) atoms. The molecule has 0 aromatic heterocycles. The Hall–Kier alpha value is -1.54. The highest BCUT2D eigenvalue weighted by Gasteiger charge is 2.23. The fourth-order valence-electron chi connectivity index (χ4n) is 13.2. The molecule has 0 heterocycles. The van der Waals surface area contributed by atoms with Crippen LogP contribution in [-0.2, 0) is 18.4 Å². The fraction of sp³-hybridized carbons (Fsp3) is 0.895. The Bertz CT molecular complexity index is 1690. The zero-order chi connectivity index (χ0) is 69.0. The van der Waals surface area contributed by atoms with E-state index < -0.39 is 20.0 Å². The molecule has 0 aromatic carbocycles. The number of nitrogens with zero attached hydrogens (tertiary/aromatic N) is 1. The van der Waals surface area contributed by atoms with Crippen LogP contribution in [0.25, 0.3) is 0 Å². The lowest BCUT2D eigenvalue weighted by molar-refractivity contribution is -0.870. The lowest BCUT2D eigenvalue weighted by Gasteiger charge is -2.29. The van der Waals surface area contributed by atoms with Gasteiger partial charge in [-0.3, -0.25) is 9.36 Å². The van der Waals surface area contributed by atoms with Gasteiger partial charge >= 0.3 is 0 Å². The maximum absolute atomic E-state index is 13.1. The van der Waals surface area contributed by atoms with Gasteiger partial charge in [0.25, 0.3) is 7.82 Å². The summed E-state index contributed by atoms with van der Waals surface area (Å²) >= 11 is 0. The van der Waals surface area contributed by atoms with Crippen LogP contribution in [0.3, 0.4) is 0 Å². The molecule has 0 radical (unpaired) electrons. The van der Waals surface area contributed by atoms with Gasteiger partial charge in [0, 0.05) is 6.42 Å². The van der Waals surface area contributed by atoms with Crippen molar-refractivity contribution >= 4 is 13.7 Å². The molecule has 0 spiro atoms. The molecule has 0 saturated heterocycles. The van der Waals surface area contributed by atoms with Gasteiger partial charge in [-0.15, -0.1) is 0 Å².